The number of pyridine rings is 1. The summed E-state index contributed by atoms with van der Waals surface area (Å²) in [6.45, 7) is 0. The van der Waals surface area contributed by atoms with Crippen molar-refractivity contribution in [1.29, 1.82) is 5.26 Å². The maximum Gasteiger partial charge on any atom is 0.149 e. The van der Waals surface area contributed by atoms with Crippen molar-refractivity contribution in [3.05, 3.63) is 17.8 Å². The Bertz CT molecular complexity index is 362. The molecule has 1 aliphatic rings. The average Bonchev–Trinajstić information content (AvgIpc) is 2.92. The molecule has 2 rings (SSSR count). The van der Waals surface area contributed by atoms with Gasteiger partial charge in [0.15, 0.2) is 0 Å². The molecule has 0 aliphatic heterocycles. The maximum atomic E-state index is 8.58. The van der Waals surface area contributed by atoms with Crippen LogP contribution in [0.15, 0.2) is 12.3 Å². The van der Waals surface area contributed by atoms with Gasteiger partial charge in [0, 0.05) is 12.2 Å². The van der Waals surface area contributed by atoms with Crippen LogP contribution in [0.3, 0.4) is 0 Å². The van der Waals surface area contributed by atoms with Gasteiger partial charge in [0.25, 0.3) is 0 Å². The minimum absolute atomic E-state index is 0.499. The highest BCUT2D eigenvalue weighted by molar-refractivity contribution is 5.63. The maximum absolute atomic E-state index is 8.58. The van der Waals surface area contributed by atoms with E-state index >= 15 is 0 Å². The second kappa shape index (κ2) is 2.94. The molecule has 0 saturated heterocycles. The zero-order valence-corrected chi connectivity index (χ0v) is 7.12. The van der Waals surface area contributed by atoms with E-state index in [2.05, 4.69) is 10.3 Å². The molecular weight excluding hydrogens is 164 g/mol. The van der Waals surface area contributed by atoms with E-state index < -0.39 is 0 Å². The predicted molar refractivity (Wildman–Crippen MR) is 50.0 cm³/mol. The topological polar surface area (TPSA) is 74.7 Å². The third-order valence-electron chi connectivity index (χ3n) is 1.96. The molecule has 1 aromatic heterocycles. The molecule has 1 fully saturated rings. The van der Waals surface area contributed by atoms with E-state index in [1.54, 1.807) is 6.07 Å². The second-order valence-electron chi connectivity index (χ2n) is 3.19. The van der Waals surface area contributed by atoms with Crippen LogP contribution >= 0.6 is 0 Å². The van der Waals surface area contributed by atoms with Crippen molar-refractivity contribution in [2.24, 2.45) is 0 Å². The lowest BCUT2D eigenvalue weighted by atomic mass is 10.3. The monoisotopic (exact) mass is 174 g/mol. The Hall–Kier alpha value is -1.76. The number of anilines is 2. The molecule has 0 spiro atoms. The Kier molecular flexibility index (Phi) is 1.78. The number of nitrogens with zero attached hydrogens (tertiary/aromatic N) is 2. The number of hydrogen-bond acceptors (Lipinski definition) is 4. The smallest absolute Gasteiger partial charge is 0.149 e. The quantitative estimate of drug-likeness (QED) is 0.704. The number of nitriles is 1. The summed E-state index contributed by atoms with van der Waals surface area (Å²) >= 11 is 0. The van der Waals surface area contributed by atoms with Gasteiger partial charge in [-0.2, -0.15) is 5.26 Å². The summed E-state index contributed by atoms with van der Waals surface area (Å²) in [4.78, 5) is 4.07. The molecule has 66 valence electrons. The first-order valence-electron chi connectivity index (χ1n) is 4.22. The van der Waals surface area contributed by atoms with E-state index in [-0.39, 0.29) is 0 Å². The summed E-state index contributed by atoms with van der Waals surface area (Å²) < 4.78 is 0. The van der Waals surface area contributed by atoms with Crippen molar-refractivity contribution < 1.29 is 0 Å². The Morgan fingerprint density at radius 3 is 2.92 bits per heavy atom. The first-order valence-corrected chi connectivity index (χ1v) is 4.22. The van der Waals surface area contributed by atoms with E-state index in [0.29, 0.717) is 23.1 Å². The van der Waals surface area contributed by atoms with Crippen LogP contribution in [0, 0.1) is 11.3 Å². The van der Waals surface area contributed by atoms with Crippen molar-refractivity contribution in [2.45, 2.75) is 18.9 Å². The molecule has 0 atom stereocenters. The molecule has 1 saturated carbocycles. The molecule has 1 aliphatic carbocycles. The van der Waals surface area contributed by atoms with E-state index in [9.17, 15) is 0 Å². The highest BCUT2D eigenvalue weighted by Crippen LogP contribution is 2.26. The van der Waals surface area contributed by atoms with Crippen LogP contribution in [-0.2, 0) is 0 Å². The standard InChI is InChI=1S/C9H10N4/c10-4-6-3-8(11)9(12-5-6)13-7-1-2-7/h3,5,7H,1-2,11H2,(H,12,13). The minimum atomic E-state index is 0.499. The molecule has 4 nitrogen and oxygen atoms in total. The van der Waals surface area contributed by atoms with E-state index in [4.69, 9.17) is 11.0 Å². The number of aromatic nitrogens is 1. The molecule has 4 heteroatoms. The number of nitrogen functional groups attached to an aromatic ring is 1. The van der Waals surface area contributed by atoms with Crippen molar-refractivity contribution >= 4 is 11.5 Å². The summed E-state index contributed by atoms with van der Waals surface area (Å²) in [7, 11) is 0. The first-order chi connectivity index (χ1) is 6.29. The molecule has 0 aromatic carbocycles. The molecular formula is C9H10N4. The van der Waals surface area contributed by atoms with Gasteiger partial charge in [0.05, 0.1) is 11.3 Å². The summed E-state index contributed by atoms with van der Waals surface area (Å²) in [6.07, 6.45) is 3.89. The minimum Gasteiger partial charge on any atom is -0.396 e. The Balaban J connectivity index is 2.21. The van der Waals surface area contributed by atoms with Crippen LogP contribution in [0.4, 0.5) is 11.5 Å². The van der Waals surface area contributed by atoms with Gasteiger partial charge in [-0.05, 0) is 18.9 Å². The molecule has 0 bridgehead atoms. The van der Waals surface area contributed by atoms with Gasteiger partial charge in [0.2, 0.25) is 0 Å². The molecule has 13 heavy (non-hydrogen) atoms. The van der Waals surface area contributed by atoms with Crippen LogP contribution in [-0.4, -0.2) is 11.0 Å². The van der Waals surface area contributed by atoms with Crippen LogP contribution in [0.5, 0.6) is 0 Å². The Morgan fingerprint density at radius 2 is 2.38 bits per heavy atom. The number of nitrogens with two attached hydrogens (primary N) is 1. The summed E-state index contributed by atoms with van der Waals surface area (Å²) in [5, 5.41) is 11.8. The van der Waals surface area contributed by atoms with Gasteiger partial charge < -0.3 is 11.1 Å². The molecule has 0 radical (unpaired) electrons. The summed E-state index contributed by atoms with van der Waals surface area (Å²) in [5.74, 6) is 0.696. The molecule has 1 heterocycles. The van der Waals surface area contributed by atoms with Gasteiger partial charge in [-0.25, -0.2) is 4.98 Å². The van der Waals surface area contributed by atoms with Gasteiger partial charge in [0.1, 0.15) is 11.9 Å². The highest BCUT2D eigenvalue weighted by Gasteiger charge is 2.22. The molecule has 3 N–H and O–H groups in total. The van der Waals surface area contributed by atoms with Crippen LogP contribution in [0.1, 0.15) is 18.4 Å². The molecule has 0 unspecified atom stereocenters. The van der Waals surface area contributed by atoms with Gasteiger partial charge in [-0.15, -0.1) is 0 Å². The summed E-state index contributed by atoms with van der Waals surface area (Å²) in [5.41, 5.74) is 6.74. The molecule has 0 amide bonds. The number of nitrogens with one attached hydrogen (secondary N) is 1. The van der Waals surface area contributed by atoms with Gasteiger partial charge in [-0.1, -0.05) is 0 Å². The fraction of sp³-hybridized carbons (Fsp3) is 0.333. The fourth-order valence-corrected chi connectivity index (χ4v) is 1.08. The van der Waals surface area contributed by atoms with Crippen molar-refractivity contribution in [3.63, 3.8) is 0 Å². The zero-order chi connectivity index (χ0) is 9.26. The Morgan fingerprint density at radius 1 is 1.62 bits per heavy atom. The van der Waals surface area contributed by atoms with Crippen molar-refractivity contribution in [1.82, 2.24) is 4.98 Å². The number of rotatable bonds is 2. The SMILES string of the molecule is N#Cc1cnc(NC2CC2)c(N)c1. The normalized spacial score (nSPS) is 15.0. The lowest BCUT2D eigenvalue weighted by Crippen LogP contribution is -2.06. The zero-order valence-electron chi connectivity index (χ0n) is 7.12. The lowest BCUT2D eigenvalue weighted by Gasteiger charge is -2.05. The van der Waals surface area contributed by atoms with E-state index in [0.717, 1.165) is 0 Å². The fourth-order valence-electron chi connectivity index (χ4n) is 1.08. The van der Waals surface area contributed by atoms with E-state index in [1.165, 1.54) is 19.0 Å². The summed E-state index contributed by atoms with van der Waals surface area (Å²) in [6, 6.07) is 4.16. The van der Waals surface area contributed by atoms with Crippen LogP contribution in [0.2, 0.25) is 0 Å². The van der Waals surface area contributed by atoms with E-state index in [1.807, 2.05) is 6.07 Å². The third kappa shape index (κ3) is 1.70. The average molecular weight is 174 g/mol. The third-order valence-corrected chi connectivity index (χ3v) is 1.96. The van der Waals surface area contributed by atoms with Crippen molar-refractivity contribution in [2.75, 3.05) is 11.1 Å². The van der Waals surface area contributed by atoms with Crippen molar-refractivity contribution in [3.8, 4) is 6.07 Å². The largest absolute Gasteiger partial charge is 0.396 e. The highest BCUT2D eigenvalue weighted by atomic mass is 15.1. The Labute approximate surface area is 76.4 Å². The lowest BCUT2D eigenvalue weighted by molar-refractivity contribution is 1.11. The van der Waals surface area contributed by atoms with Crippen LogP contribution < -0.4 is 11.1 Å². The van der Waals surface area contributed by atoms with Gasteiger partial charge >= 0.3 is 0 Å². The van der Waals surface area contributed by atoms with Crippen LogP contribution in [0.25, 0.3) is 0 Å². The van der Waals surface area contributed by atoms with Gasteiger partial charge in [-0.3, -0.25) is 0 Å². The first kappa shape index (κ1) is 7.87. The predicted octanol–water partition coefficient (Wildman–Crippen LogP) is 1.11. The number of hydrogen-bond donors (Lipinski definition) is 2. The molecule has 1 aromatic rings. The second-order valence-corrected chi connectivity index (χ2v) is 3.19.